The van der Waals surface area contributed by atoms with E-state index in [1.807, 2.05) is 0 Å². The van der Waals surface area contributed by atoms with Gasteiger partial charge in [-0.3, -0.25) is 14.9 Å². The summed E-state index contributed by atoms with van der Waals surface area (Å²) < 4.78 is 15.8. The van der Waals surface area contributed by atoms with Gasteiger partial charge in [0.05, 0.1) is 25.5 Å². The zero-order valence-corrected chi connectivity index (χ0v) is 16.0. The molecule has 9 heteroatoms. The van der Waals surface area contributed by atoms with E-state index in [0.717, 1.165) is 17.3 Å². The number of hydrogen-bond donors (Lipinski definition) is 1. The molecular weight excluding hydrogens is 382 g/mol. The number of amides is 2. The Labute approximate surface area is 165 Å². The van der Waals surface area contributed by atoms with Gasteiger partial charge >= 0.3 is 0 Å². The number of para-hydroxylation sites is 1. The quantitative estimate of drug-likeness (QED) is 0.605. The first-order valence-electron chi connectivity index (χ1n) is 8.18. The maximum absolute atomic E-state index is 12.2. The molecule has 0 aliphatic heterocycles. The predicted octanol–water partition coefficient (Wildman–Crippen LogP) is 2.80. The van der Waals surface area contributed by atoms with E-state index in [1.54, 1.807) is 55.6 Å². The van der Waals surface area contributed by atoms with Gasteiger partial charge in [-0.1, -0.05) is 23.9 Å². The fraction of sp³-hybridized carbons (Fsp3) is 0.158. The first kappa shape index (κ1) is 19.4. The number of rotatable bonds is 7. The smallest absolute Gasteiger partial charge is 0.277 e. The van der Waals surface area contributed by atoms with E-state index in [1.165, 1.54) is 7.11 Å². The SMILES string of the molecule is COc1ccc(-c2nnc(SCC(=O)NC(=O)c3ccccc3OC)o2)cc1. The highest BCUT2D eigenvalue weighted by Crippen LogP contribution is 2.24. The lowest BCUT2D eigenvalue weighted by Gasteiger charge is -2.07. The maximum atomic E-state index is 12.2. The normalized spacial score (nSPS) is 10.4. The Morgan fingerprint density at radius 3 is 2.50 bits per heavy atom. The molecular formula is C19H17N3O5S. The average molecular weight is 399 g/mol. The first-order valence-corrected chi connectivity index (χ1v) is 9.17. The van der Waals surface area contributed by atoms with E-state index in [-0.39, 0.29) is 16.5 Å². The third kappa shape index (κ3) is 4.68. The number of nitrogens with one attached hydrogen (secondary N) is 1. The van der Waals surface area contributed by atoms with Gasteiger partial charge in [0.1, 0.15) is 11.5 Å². The number of thioether (sulfide) groups is 1. The van der Waals surface area contributed by atoms with Crippen molar-refractivity contribution in [1.82, 2.24) is 15.5 Å². The van der Waals surface area contributed by atoms with Crippen LogP contribution in [0.25, 0.3) is 11.5 Å². The fourth-order valence-corrected chi connectivity index (χ4v) is 2.87. The summed E-state index contributed by atoms with van der Waals surface area (Å²) in [6.45, 7) is 0. The second-order valence-corrected chi connectivity index (χ2v) is 6.39. The van der Waals surface area contributed by atoms with Crippen LogP contribution in [0.3, 0.4) is 0 Å². The number of benzene rings is 2. The van der Waals surface area contributed by atoms with Crippen LogP contribution in [0.4, 0.5) is 0 Å². The monoisotopic (exact) mass is 399 g/mol. The van der Waals surface area contributed by atoms with Crippen LogP contribution in [0.1, 0.15) is 10.4 Å². The van der Waals surface area contributed by atoms with E-state index >= 15 is 0 Å². The Bertz CT molecular complexity index is 972. The minimum absolute atomic E-state index is 0.0505. The van der Waals surface area contributed by atoms with Gasteiger partial charge in [0.2, 0.25) is 11.8 Å². The van der Waals surface area contributed by atoms with Crippen molar-refractivity contribution in [1.29, 1.82) is 0 Å². The largest absolute Gasteiger partial charge is 0.497 e. The van der Waals surface area contributed by atoms with Crippen molar-refractivity contribution < 1.29 is 23.5 Å². The van der Waals surface area contributed by atoms with E-state index in [2.05, 4.69) is 15.5 Å². The molecule has 3 rings (SSSR count). The number of carbonyl (C=O) groups excluding carboxylic acids is 2. The van der Waals surface area contributed by atoms with Gasteiger partial charge in [0.25, 0.3) is 11.1 Å². The number of nitrogens with zero attached hydrogens (tertiary/aromatic N) is 2. The molecule has 0 fully saturated rings. The summed E-state index contributed by atoms with van der Waals surface area (Å²) in [5.41, 5.74) is 1.01. The van der Waals surface area contributed by atoms with Crippen LogP contribution in [-0.2, 0) is 4.79 Å². The summed E-state index contributed by atoms with van der Waals surface area (Å²) in [7, 11) is 3.04. The van der Waals surface area contributed by atoms with E-state index < -0.39 is 11.8 Å². The van der Waals surface area contributed by atoms with Crippen LogP contribution >= 0.6 is 11.8 Å². The second kappa shape index (κ2) is 9.05. The van der Waals surface area contributed by atoms with Gasteiger partial charge in [-0.15, -0.1) is 10.2 Å². The van der Waals surface area contributed by atoms with Crippen molar-refractivity contribution in [3.05, 3.63) is 54.1 Å². The maximum Gasteiger partial charge on any atom is 0.277 e. The Morgan fingerprint density at radius 2 is 1.79 bits per heavy atom. The minimum Gasteiger partial charge on any atom is -0.497 e. The molecule has 1 heterocycles. The molecule has 1 aromatic heterocycles. The van der Waals surface area contributed by atoms with Crippen molar-refractivity contribution in [2.45, 2.75) is 5.22 Å². The molecule has 0 aliphatic carbocycles. The van der Waals surface area contributed by atoms with Crippen LogP contribution in [0.5, 0.6) is 11.5 Å². The predicted molar refractivity (Wildman–Crippen MR) is 102 cm³/mol. The van der Waals surface area contributed by atoms with Crippen molar-refractivity contribution >= 4 is 23.6 Å². The number of aromatic nitrogens is 2. The van der Waals surface area contributed by atoms with Crippen LogP contribution in [0.2, 0.25) is 0 Å². The molecule has 0 saturated carbocycles. The van der Waals surface area contributed by atoms with Crippen LogP contribution in [0, 0.1) is 0 Å². The van der Waals surface area contributed by atoms with E-state index in [0.29, 0.717) is 17.4 Å². The summed E-state index contributed by atoms with van der Waals surface area (Å²) in [4.78, 5) is 24.3. The Hall–Kier alpha value is -3.33. The Kier molecular flexibility index (Phi) is 6.28. The molecule has 0 aliphatic rings. The van der Waals surface area contributed by atoms with E-state index in [4.69, 9.17) is 13.9 Å². The summed E-state index contributed by atoms with van der Waals surface area (Å²) in [5, 5.41) is 10.4. The average Bonchev–Trinajstić information content (AvgIpc) is 3.21. The summed E-state index contributed by atoms with van der Waals surface area (Å²) in [5.74, 6) is 0.370. The zero-order valence-electron chi connectivity index (χ0n) is 15.2. The molecule has 0 unspecified atom stereocenters. The van der Waals surface area contributed by atoms with E-state index in [9.17, 15) is 9.59 Å². The molecule has 144 valence electrons. The molecule has 0 saturated heterocycles. The summed E-state index contributed by atoms with van der Waals surface area (Å²) in [6, 6.07) is 13.8. The van der Waals surface area contributed by atoms with Gasteiger partial charge in [-0.25, -0.2) is 0 Å². The van der Waals surface area contributed by atoms with Gasteiger partial charge in [-0.05, 0) is 36.4 Å². The van der Waals surface area contributed by atoms with Gasteiger partial charge in [0, 0.05) is 5.56 Å². The lowest BCUT2D eigenvalue weighted by atomic mass is 10.2. The second-order valence-electron chi connectivity index (χ2n) is 5.47. The molecule has 1 N–H and O–H groups in total. The fourth-order valence-electron chi connectivity index (χ4n) is 2.31. The molecule has 28 heavy (non-hydrogen) atoms. The first-order chi connectivity index (χ1) is 13.6. The standard InChI is InChI=1S/C19H17N3O5S/c1-25-13-9-7-12(8-10-13)18-21-22-19(27-18)28-11-16(23)20-17(24)14-5-3-4-6-15(14)26-2/h3-10H,11H2,1-2H3,(H,20,23,24). The van der Waals surface area contributed by atoms with Crippen molar-refractivity contribution in [2.24, 2.45) is 0 Å². The van der Waals surface area contributed by atoms with Crippen molar-refractivity contribution in [3.8, 4) is 23.0 Å². The lowest BCUT2D eigenvalue weighted by molar-refractivity contribution is -0.117. The Morgan fingerprint density at radius 1 is 1.04 bits per heavy atom. The summed E-state index contributed by atoms with van der Waals surface area (Å²) in [6.07, 6.45) is 0. The molecule has 0 spiro atoms. The highest BCUT2D eigenvalue weighted by atomic mass is 32.2. The van der Waals surface area contributed by atoms with Gasteiger partial charge < -0.3 is 13.9 Å². The third-order valence-electron chi connectivity index (χ3n) is 3.67. The molecule has 3 aromatic rings. The topological polar surface area (TPSA) is 104 Å². The molecule has 0 radical (unpaired) electrons. The molecule has 2 amide bonds. The van der Waals surface area contributed by atoms with Crippen LogP contribution < -0.4 is 14.8 Å². The lowest BCUT2D eigenvalue weighted by Crippen LogP contribution is -2.32. The highest BCUT2D eigenvalue weighted by molar-refractivity contribution is 7.99. The molecule has 0 atom stereocenters. The zero-order chi connectivity index (χ0) is 19.9. The molecule has 8 nitrogen and oxygen atoms in total. The number of imide groups is 1. The van der Waals surface area contributed by atoms with Gasteiger partial charge in [0.15, 0.2) is 0 Å². The van der Waals surface area contributed by atoms with Crippen molar-refractivity contribution in [3.63, 3.8) is 0 Å². The van der Waals surface area contributed by atoms with Crippen molar-refractivity contribution in [2.75, 3.05) is 20.0 Å². The number of methoxy groups -OCH3 is 2. The third-order valence-corrected chi connectivity index (χ3v) is 4.49. The highest BCUT2D eigenvalue weighted by Gasteiger charge is 2.16. The number of hydrogen-bond acceptors (Lipinski definition) is 8. The molecule has 2 aromatic carbocycles. The number of carbonyl (C=O) groups is 2. The van der Waals surface area contributed by atoms with Gasteiger partial charge in [-0.2, -0.15) is 0 Å². The van der Waals surface area contributed by atoms with Crippen LogP contribution in [0.15, 0.2) is 58.2 Å². The molecule has 0 bridgehead atoms. The van der Waals surface area contributed by atoms with Crippen LogP contribution in [-0.4, -0.2) is 42.0 Å². The Balaban J connectivity index is 1.56. The number of ether oxygens (including phenoxy) is 2. The minimum atomic E-state index is -0.535. The summed E-state index contributed by atoms with van der Waals surface area (Å²) >= 11 is 1.04.